The molecule has 0 N–H and O–H groups in total. The van der Waals surface area contributed by atoms with Crippen LogP contribution in [0.15, 0.2) is 12.4 Å². The molecule has 1 aliphatic carbocycles. The molecule has 0 aromatic carbocycles. The van der Waals surface area contributed by atoms with Gasteiger partial charge >= 0.3 is 0 Å². The molecule has 0 radical (unpaired) electrons. The third kappa shape index (κ3) is 1.61. The molecule has 0 saturated heterocycles. The molecule has 3 heteroatoms. The zero-order chi connectivity index (χ0) is 8.39. The second-order valence-corrected chi connectivity index (χ2v) is 3.16. The Morgan fingerprint density at radius 1 is 1.42 bits per heavy atom. The van der Waals surface area contributed by atoms with E-state index < -0.39 is 0 Å². The van der Waals surface area contributed by atoms with Crippen molar-refractivity contribution in [2.45, 2.75) is 25.4 Å². The Bertz CT molecular complexity index is 254. The van der Waals surface area contributed by atoms with E-state index in [1.54, 1.807) is 7.11 Å². The summed E-state index contributed by atoms with van der Waals surface area (Å²) >= 11 is 0. The summed E-state index contributed by atoms with van der Waals surface area (Å²) in [6, 6.07) is 0. The molecule has 0 aliphatic heterocycles. The van der Waals surface area contributed by atoms with Gasteiger partial charge in [-0.2, -0.15) is 0 Å². The predicted octanol–water partition coefficient (Wildman–Crippen LogP) is 1.50. The fraction of sp³-hybridized carbons (Fsp3) is 0.556. The zero-order valence-corrected chi connectivity index (χ0v) is 7.16. The molecule has 64 valence electrons. The Labute approximate surface area is 71.8 Å². The molecule has 1 fully saturated rings. The van der Waals surface area contributed by atoms with Gasteiger partial charge in [-0.3, -0.25) is 0 Å². The molecule has 3 nitrogen and oxygen atoms in total. The van der Waals surface area contributed by atoms with E-state index in [4.69, 9.17) is 4.74 Å². The maximum atomic E-state index is 4.96. The van der Waals surface area contributed by atoms with Gasteiger partial charge in [-0.15, -0.1) is 0 Å². The summed E-state index contributed by atoms with van der Waals surface area (Å²) in [6.45, 7) is 0.602. The topological polar surface area (TPSA) is 35.0 Å². The number of hydrogen-bond acceptors (Lipinski definition) is 3. The molecule has 0 atom stereocenters. The Kier molecular flexibility index (Phi) is 2.04. The van der Waals surface area contributed by atoms with Crippen LogP contribution in [0.25, 0.3) is 0 Å². The highest BCUT2D eigenvalue weighted by Crippen LogP contribution is 2.37. The van der Waals surface area contributed by atoms with Crippen molar-refractivity contribution >= 4 is 0 Å². The Morgan fingerprint density at radius 2 is 2.08 bits per heavy atom. The van der Waals surface area contributed by atoms with Crippen molar-refractivity contribution in [2.75, 3.05) is 7.11 Å². The van der Waals surface area contributed by atoms with Gasteiger partial charge in [0.1, 0.15) is 5.82 Å². The summed E-state index contributed by atoms with van der Waals surface area (Å²) in [5.74, 6) is 1.64. The highest BCUT2D eigenvalue weighted by molar-refractivity contribution is 5.09. The van der Waals surface area contributed by atoms with E-state index in [0.29, 0.717) is 12.5 Å². The van der Waals surface area contributed by atoms with Crippen molar-refractivity contribution in [3.05, 3.63) is 23.8 Å². The predicted molar refractivity (Wildman–Crippen MR) is 44.7 cm³/mol. The van der Waals surface area contributed by atoms with Crippen molar-refractivity contribution in [2.24, 2.45) is 0 Å². The van der Waals surface area contributed by atoms with Crippen LogP contribution in [0.1, 0.15) is 30.1 Å². The number of rotatable bonds is 3. The molecule has 0 spiro atoms. The van der Waals surface area contributed by atoms with Gasteiger partial charge in [0.25, 0.3) is 0 Å². The lowest BCUT2D eigenvalue weighted by Gasteiger charge is -1.99. The average molecular weight is 164 g/mol. The summed E-state index contributed by atoms with van der Waals surface area (Å²) in [7, 11) is 1.68. The summed E-state index contributed by atoms with van der Waals surface area (Å²) in [4.78, 5) is 8.54. The first-order valence-electron chi connectivity index (χ1n) is 4.20. The monoisotopic (exact) mass is 164 g/mol. The quantitative estimate of drug-likeness (QED) is 0.679. The van der Waals surface area contributed by atoms with Crippen molar-refractivity contribution in [3.63, 3.8) is 0 Å². The average Bonchev–Trinajstić information content (AvgIpc) is 2.89. The minimum Gasteiger partial charge on any atom is -0.380 e. The smallest absolute Gasteiger partial charge is 0.131 e. The Morgan fingerprint density at radius 3 is 2.58 bits per heavy atom. The molecule has 12 heavy (non-hydrogen) atoms. The van der Waals surface area contributed by atoms with E-state index >= 15 is 0 Å². The van der Waals surface area contributed by atoms with E-state index in [9.17, 15) is 0 Å². The molecular formula is C9H12N2O. The van der Waals surface area contributed by atoms with Crippen molar-refractivity contribution in [3.8, 4) is 0 Å². The minimum atomic E-state index is 0.602. The lowest BCUT2D eigenvalue weighted by atomic mass is 10.3. The van der Waals surface area contributed by atoms with Crippen LogP contribution >= 0.6 is 0 Å². The zero-order valence-electron chi connectivity index (χ0n) is 7.16. The molecule has 1 saturated carbocycles. The van der Waals surface area contributed by atoms with Crippen LogP contribution in [0.5, 0.6) is 0 Å². The van der Waals surface area contributed by atoms with Crippen molar-refractivity contribution in [1.29, 1.82) is 0 Å². The minimum absolute atomic E-state index is 0.602. The Hall–Kier alpha value is -0.960. The molecule has 1 heterocycles. The standard InChI is InChI=1S/C9H12N2O/c1-12-6-7-4-10-9(11-5-7)8-2-3-8/h4-5,8H,2-3,6H2,1H3. The van der Waals surface area contributed by atoms with Crippen LogP contribution in [0.4, 0.5) is 0 Å². The van der Waals surface area contributed by atoms with Crippen LogP contribution in [0.3, 0.4) is 0 Å². The van der Waals surface area contributed by atoms with E-state index in [1.165, 1.54) is 12.8 Å². The molecular weight excluding hydrogens is 152 g/mol. The Balaban J connectivity index is 2.08. The number of aromatic nitrogens is 2. The maximum absolute atomic E-state index is 4.96. The molecule has 1 aromatic rings. The van der Waals surface area contributed by atoms with E-state index in [1.807, 2.05) is 12.4 Å². The second-order valence-electron chi connectivity index (χ2n) is 3.16. The number of hydrogen-bond donors (Lipinski definition) is 0. The van der Waals surface area contributed by atoms with Gasteiger partial charge in [0.2, 0.25) is 0 Å². The number of ether oxygens (including phenoxy) is 1. The highest BCUT2D eigenvalue weighted by atomic mass is 16.5. The molecule has 1 aliphatic rings. The van der Waals surface area contributed by atoms with Crippen LogP contribution in [-0.4, -0.2) is 17.1 Å². The normalized spacial score (nSPS) is 16.4. The fourth-order valence-corrected chi connectivity index (χ4v) is 1.16. The van der Waals surface area contributed by atoms with E-state index in [-0.39, 0.29) is 0 Å². The van der Waals surface area contributed by atoms with Gasteiger partial charge in [-0.1, -0.05) is 0 Å². The second kappa shape index (κ2) is 3.19. The van der Waals surface area contributed by atoms with Gasteiger partial charge in [-0.05, 0) is 12.8 Å². The largest absolute Gasteiger partial charge is 0.380 e. The lowest BCUT2D eigenvalue weighted by Crippen LogP contribution is -1.95. The number of nitrogens with zero attached hydrogens (tertiary/aromatic N) is 2. The van der Waals surface area contributed by atoms with Crippen LogP contribution in [0, 0.1) is 0 Å². The van der Waals surface area contributed by atoms with Gasteiger partial charge in [0, 0.05) is 31.0 Å². The lowest BCUT2D eigenvalue weighted by molar-refractivity contribution is 0.184. The molecule has 0 unspecified atom stereocenters. The molecule has 1 aromatic heterocycles. The molecule has 0 amide bonds. The molecule has 0 bridgehead atoms. The summed E-state index contributed by atoms with van der Waals surface area (Å²) in [5.41, 5.74) is 1.04. The third-order valence-electron chi connectivity index (χ3n) is 1.98. The summed E-state index contributed by atoms with van der Waals surface area (Å²) in [6.07, 6.45) is 6.21. The summed E-state index contributed by atoms with van der Waals surface area (Å²) in [5, 5.41) is 0. The van der Waals surface area contributed by atoms with Gasteiger partial charge < -0.3 is 4.74 Å². The maximum Gasteiger partial charge on any atom is 0.131 e. The SMILES string of the molecule is COCc1cnc(C2CC2)nc1. The van der Waals surface area contributed by atoms with Gasteiger partial charge in [0.15, 0.2) is 0 Å². The molecule has 2 rings (SSSR count). The van der Waals surface area contributed by atoms with Gasteiger partial charge in [-0.25, -0.2) is 9.97 Å². The van der Waals surface area contributed by atoms with Crippen LogP contribution in [-0.2, 0) is 11.3 Å². The van der Waals surface area contributed by atoms with Gasteiger partial charge in [0.05, 0.1) is 6.61 Å². The van der Waals surface area contributed by atoms with Crippen LogP contribution in [0.2, 0.25) is 0 Å². The van der Waals surface area contributed by atoms with Crippen LogP contribution < -0.4 is 0 Å². The first-order valence-corrected chi connectivity index (χ1v) is 4.20. The van der Waals surface area contributed by atoms with Crippen molar-refractivity contribution < 1.29 is 4.74 Å². The first kappa shape index (κ1) is 7.68. The third-order valence-corrected chi connectivity index (χ3v) is 1.98. The first-order chi connectivity index (χ1) is 5.90. The van der Waals surface area contributed by atoms with Crippen molar-refractivity contribution in [1.82, 2.24) is 9.97 Å². The van der Waals surface area contributed by atoms with E-state index in [0.717, 1.165) is 11.4 Å². The number of methoxy groups -OCH3 is 1. The fourth-order valence-electron chi connectivity index (χ4n) is 1.16. The summed E-state index contributed by atoms with van der Waals surface area (Å²) < 4.78 is 4.96. The van der Waals surface area contributed by atoms with E-state index in [2.05, 4.69) is 9.97 Å². The highest BCUT2D eigenvalue weighted by Gasteiger charge is 2.25.